The number of amides is 1. The molecule has 0 spiro atoms. The van der Waals surface area contributed by atoms with E-state index in [4.69, 9.17) is 0 Å². The molecule has 0 unspecified atom stereocenters. The van der Waals surface area contributed by atoms with Gasteiger partial charge in [-0.2, -0.15) is 21.6 Å². The SMILES string of the molecule is O=C1Nc2cccc3ccc(OS(=O)(=O)C(F)(F)F)c1c23. The predicted octanol–water partition coefficient (Wildman–Crippen LogP) is 2.63. The molecule has 0 atom stereocenters. The summed E-state index contributed by atoms with van der Waals surface area (Å²) in [6.07, 6.45) is 0. The molecule has 1 N–H and O–H groups in total. The van der Waals surface area contributed by atoms with E-state index in [1.807, 2.05) is 0 Å². The van der Waals surface area contributed by atoms with Crippen molar-refractivity contribution in [2.45, 2.75) is 5.51 Å². The van der Waals surface area contributed by atoms with Crippen LogP contribution in [0.2, 0.25) is 0 Å². The second-order valence-electron chi connectivity index (χ2n) is 4.28. The van der Waals surface area contributed by atoms with Crippen molar-refractivity contribution in [3.05, 3.63) is 35.9 Å². The van der Waals surface area contributed by atoms with Crippen LogP contribution in [0.1, 0.15) is 10.4 Å². The van der Waals surface area contributed by atoms with E-state index in [1.165, 1.54) is 6.07 Å². The summed E-state index contributed by atoms with van der Waals surface area (Å²) >= 11 is 0. The Morgan fingerprint density at radius 1 is 1.10 bits per heavy atom. The lowest BCUT2D eigenvalue weighted by molar-refractivity contribution is -0.0500. The number of hydrogen-bond donors (Lipinski definition) is 1. The maximum Gasteiger partial charge on any atom is 0.534 e. The molecule has 3 rings (SSSR count). The molecule has 2 aromatic rings. The van der Waals surface area contributed by atoms with E-state index in [9.17, 15) is 26.4 Å². The lowest BCUT2D eigenvalue weighted by Crippen LogP contribution is -2.28. The lowest BCUT2D eigenvalue weighted by Gasteiger charge is -2.11. The molecular weight excluding hydrogens is 311 g/mol. The van der Waals surface area contributed by atoms with E-state index in [-0.39, 0.29) is 5.56 Å². The second-order valence-corrected chi connectivity index (χ2v) is 5.82. The summed E-state index contributed by atoms with van der Waals surface area (Å²) in [4.78, 5) is 11.8. The number of anilines is 1. The number of nitrogens with one attached hydrogen (secondary N) is 1. The Morgan fingerprint density at radius 3 is 2.48 bits per heavy atom. The first-order valence-electron chi connectivity index (χ1n) is 5.58. The van der Waals surface area contributed by atoms with Gasteiger partial charge in [-0.05, 0) is 17.5 Å². The van der Waals surface area contributed by atoms with Crippen LogP contribution < -0.4 is 9.50 Å². The van der Waals surface area contributed by atoms with Gasteiger partial charge in [0.15, 0.2) is 5.75 Å². The molecule has 9 heteroatoms. The van der Waals surface area contributed by atoms with Gasteiger partial charge >= 0.3 is 15.6 Å². The molecule has 1 amide bonds. The molecule has 0 bridgehead atoms. The minimum absolute atomic E-state index is 0.226. The first kappa shape index (κ1) is 13.7. The highest BCUT2D eigenvalue weighted by atomic mass is 32.2. The van der Waals surface area contributed by atoms with Crippen molar-refractivity contribution in [3.8, 4) is 5.75 Å². The minimum Gasteiger partial charge on any atom is -0.375 e. The van der Waals surface area contributed by atoms with Crippen LogP contribution in [0, 0.1) is 0 Å². The van der Waals surface area contributed by atoms with Crippen molar-refractivity contribution in [2.24, 2.45) is 0 Å². The Morgan fingerprint density at radius 2 is 1.81 bits per heavy atom. The van der Waals surface area contributed by atoms with E-state index in [0.29, 0.717) is 16.5 Å². The first-order valence-corrected chi connectivity index (χ1v) is 6.99. The number of halogens is 3. The van der Waals surface area contributed by atoms with Crippen LogP contribution in [-0.2, 0) is 10.1 Å². The van der Waals surface area contributed by atoms with Crippen molar-refractivity contribution in [1.29, 1.82) is 0 Å². The molecule has 0 radical (unpaired) electrons. The summed E-state index contributed by atoms with van der Waals surface area (Å²) in [5.41, 5.74) is -5.40. The van der Waals surface area contributed by atoms with Crippen LogP contribution in [0.5, 0.6) is 5.75 Å². The maximum atomic E-state index is 12.4. The van der Waals surface area contributed by atoms with Crippen molar-refractivity contribution in [3.63, 3.8) is 0 Å². The monoisotopic (exact) mass is 317 g/mol. The fourth-order valence-corrected chi connectivity index (χ4v) is 2.58. The highest BCUT2D eigenvalue weighted by molar-refractivity contribution is 7.88. The number of carbonyl (C=O) groups excluding carboxylic acids is 1. The Kier molecular flexibility index (Phi) is 2.67. The van der Waals surface area contributed by atoms with Gasteiger partial charge in [0.25, 0.3) is 5.91 Å². The Labute approximate surface area is 116 Å². The van der Waals surface area contributed by atoms with E-state index in [0.717, 1.165) is 6.07 Å². The van der Waals surface area contributed by atoms with Gasteiger partial charge in [0.1, 0.15) is 0 Å². The summed E-state index contributed by atoms with van der Waals surface area (Å²) in [5.74, 6) is -1.36. The molecule has 5 nitrogen and oxygen atoms in total. The largest absolute Gasteiger partial charge is 0.534 e. The molecule has 1 heterocycles. The lowest BCUT2D eigenvalue weighted by atomic mass is 10.0. The molecular formula is C12H6F3NO4S. The molecule has 0 saturated carbocycles. The van der Waals surface area contributed by atoms with Crippen molar-refractivity contribution in [1.82, 2.24) is 0 Å². The Bertz CT molecular complexity index is 874. The Balaban J connectivity index is 2.20. The smallest absolute Gasteiger partial charge is 0.375 e. The van der Waals surface area contributed by atoms with Crippen molar-refractivity contribution in [2.75, 3.05) is 5.32 Å². The molecule has 0 aliphatic carbocycles. The van der Waals surface area contributed by atoms with Gasteiger partial charge < -0.3 is 9.50 Å². The quantitative estimate of drug-likeness (QED) is 0.683. The second kappa shape index (κ2) is 4.10. The van der Waals surface area contributed by atoms with Gasteiger partial charge in [0.2, 0.25) is 0 Å². The summed E-state index contributed by atoms with van der Waals surface area (Å²) in [5, 5.41) is 3.35. The van der Waals surface area contributed by atoms with E-state index in [2.05, 4.69) is 9.50 Å². The third kappa shape index (κ3) is 2.00. The standard InChI is InChI=1S/C12H6F3NO4S/c13-12(14,15)21(18,19)20-8-5-4-6-2-1-3-7-9(6)10(8)11(17)16-7/h1-5H,(H,16,17). The van der Waals surface area contributed by atoms with Crippen LogP contribution in [0.4, 0.5) is 18.9 Å². The van der Waals surface area contributed by atoms with Crippen LogP contribution >= 0.6 is 0 Å². The fourth-order valence-electron chi connectivity index (χ4n) is 2.11. The highest BCUT2D eigenvalue weighted by Crippen LogP contribution is 2.39. The van der Waals surface area contributed by atoms with Gasteiger partial charge in [0.05, 0.1) is 5.56 Å². The fraction of sp³-hybridized carbons (Fsp3) is 0.0833. The molecule has 0 saturated heterocycles. The van der Waals surface area contributed by atoms with Crippen LogP contribution in [-0.4, -0.2) is 19.8 Å². The topological polar surface area (TPSA) is 72.5 Å². The van der Waals surface area contributed by atoms with E-state index < -0.39 is 27.3 Å². The number of carbonyl (C=O) groups is 1. The number of benzene rings is 2. The highest BCUT2D eigenvalue weighted by Gasteiger charge is 2.49. The van der Waals surface area contributed by atoms with Crippen LogP contribution in [0.25, 0.3) is 10.8 Å². The summed E-state index contributed by atoms with van der Waals surface area (Å²) in [7, 11) is -5.83. The molecule has 110 valence electrons. The third-order valence-corrected chi connectivity index (χ3v) is 3.93. The minimum atomic E-state index is -5.83. The molecule has 0 aromatic heterocycles. The van der Waals surface area contributed by atoms with Gasteiger partial charge in [0, 0.05) is 11.1 Å². The maximum absolute atomic E-state index is 12.4. The van der Waals surface area contributed by atoms with E-state index >= 15 is 0 Å². The average Bonchev–Trinajstić information content (AvgIpc) is 2.70. The zero-order chi connectivity index (χ0) is 15.4. The normalized spacial score (nSPS) is 14.3. The molecule has 2 aromatic carbocycles. The number of alkyl halides is 3. The van der Waals surface area contributed by atoms with Gasteiger partial charge in [-0.15, -0.1) is 0 Å². The zero-order valence-electron chi connectivity index (χ0n) is 10.1. The summed E-state index contributed by atoms with van der Waals surface area (Å²) < 4.78 is 63.3. The first-order chi connectivity index (χ1) is 9.71. The third-order valence-electron chi connectivity index (χ3n) is 2.97. The number of rotatable bonds is 2. The van der Waals surface area contributed by atoms with E-state index in [1.54, 1.807) is 18.2 Å². The average molecular weight is 317 g/mol. The molecule has 21 heavy (non-hydrogen) atoms. The van der Waals surface area contributed by atoms with Crippen molar-refractivity contribution < 1.29 is 30.6 Å². The van der Waals surface area contributed by atoms with Crippen LogP contribution in [0.15, 0.2) is 30.3 Å². The van der Waals surface area contributed by atoms with Crippen LogP contribution in [0.3, 0.4) is 0 Å². The van der Waals surface area contributed by atoms with Gasteiger partial charge in [-0.1, -0.05) is 18.2 Å². The molecule has 1 aliphatic rings. The van der Waals surface area contributed by atoms with Gasteiger partial charge in [-0.3, -0.25) is 4.79 Å². The molecule has 1 aliphatic heterocycles. The summed E-state index contributed by atoms with van der Waals surface area (Å²) in [6.45, 7) is 0. The molecule has 0 fully saturated rings. The van der Waals surface area contributed by atoms with Gasteiger partial charge in [-0.25, -0.2) is 0 Å². The number of hydrogen-bond acceptors (Lipinski definition) is 4. The zero-order valence-corrected chi connectivity index (χ0v) is 10.9. The summed E-state index contributed by atoms with van der Waals surface area (Å²) in [6, 6.07) is 7.25. The van der Waals surface area contributed by atoms with Crippen molar-refractivity contribution >= 4 is 32.5 Å². The predicted molar refractivity (Wildman–Crippen MR) is 67.5 cm³/mol. The Hall–Kier alpha value is -2.29.